The van der Waals surface area contributed by atoms with Crippen molar-refractivity contribution in [2.75, 3.05) is 24.6 Å². The minimum absolute atomic E-state index is 0.0322. The van der Waals surface area contributed by atoms with Crippen LogP contribution < -0.4 is 9.64 Å². The molecule has 3 aromatic rings. The maximum atomic E-state index is 15.3. The maximum Gasteiger partial charge on any atom is 0.309 e. The molecule has 0 saturated carbocycles. The molecule has 1 atom stereocenters. The number of fused-ring (bicyclic) bond motifs is 1. The molecular formula is C31H31ClF2N4O5. The summed E-state index contributed by atoms with van der Waals surface area (Å²) in [4.78, 5) is 49.7. The summed E-state index contributed by atoms with van der Waals surface area (Å²) in [5.41, 5.74) is 0.800. The number of halogens is 3. The van der Waals surface area contributed by atoms with Crippen molar-refractivity contribution in [3.05, 3.63) is 70.8 Å². The molecule has 12 heteroatoms. The SMILES string of the molecule is C[C@@H](COc1ccc(F)cc1-c1cnc(C(=O)N2CCC(N3C(=O)C(C)(C)Cc4ncc(Cl)cc43)CC2)c(F)c1)C(=O)O. The zero-order valence-corrected chi connectivity index (χ0v) is 24.7. The first-order valence-corrected chi connectivity index (χ1v) is 14.3. The van der Waals surface area contributed by atoms with Crippen molar-refractivity contribution in [2.45, 2.75) is 46.1 Å². The van der Waals surface area contributed by atoms with Crippen LogP contribution >= 0.6 is 11.6 Å². The summed E-state index contributed by atoms with van der Waals surface area (Å²) in [5.74, 6) is -3.83. The Balaban J connectivity index is 1.31. The number of carbonyl (C=O) groups is 3. The van der Waals surface area contributed by atoms with Crippen molar-refractivity contribution in [3.63, 3.8) is 0 Å². The van der Waals surface area contributed by atoms with E-state index in [4.69, 9.17) is 21.4 Å². The van der Waals surface area contributed by atoms with Gasteiger partial charge in [0, 0.05) is 54.5 Å². The van der Waals surface area contributed by atoms with E-state index in [0.29, 0.717) is 30.0 Å². The molecule has 9 nitrogen and oxygen atoms in total. The van der Waals surface area contributed by atoms with E-state index in [2.05, 4.69) is 9.97 Å². The Hall–Kier alpha value is -4.12. The van der Waals surface area contributed by atoms with Crippen LogP contribution in [0.5, 0.6) is 5.75 Å². The molecule has 43 heavy (non-hydrogen) atoms. The molecule has 2 aromatic heterocycles. The quantitative estimate of drug-likeness (QED) is 0.380. The lowest BCUT2D eigenvalue weighted by Gasteiger charge is -2.44. The van der Waals surface area contributed by atoms with E-state index < -0.39 is 34.8 Å². The number of carbonyl (C=O) groups excluding carboxylic acids is 2. The van der Waals surface area contributed by atoms with E-state index in [1.54, 1.807) is 17.2 Å². The van der Waals surface area contributed by atoms with Crippen LogP contribution in [0.2, 0.25) is 5.02 Å². The fraction of sp³-hybridized carbons (Fsp3) is 0.387. The van der Waals surface area contributed by atoms with Gasteiger partial charge in [-0.25, -0.2) is 13.8 Å². The fourth-order valence-electron chi connectivity index (χ4n) is 5.45. The number of ether oxygens (including phenoxy) is 1. The first kappa shape index (κ1) is 30.3. The van der Waals surface area contributed by atoms with Gasteiger partial charge in [0.05, 0.1) is 22.3 Å². The Kier molecular flexibility index (Phi) is 8.38. The lowest BCUT2D eigenvalue weighted by molar-refractivity contribution is -0.142. The number of aromatic nitrogens is 2. The van der Waals surface area contributed by atoms with E-state index in [9.17, 15) is 18.8 Å². The third-order valence-electron chi connectivity index (χ3n) is 7.90. The van der Waals surface area contributed by atoms with Crippen LogP contribution in [0.15, 0.2) is 42.7 Å². The molecule has 2 amide bonds. The van der Waals surface area contributed by atoms with E-state index in [-0.39, 0.29) is 54.2 Å². The number of anilines is 1. The second-order valence-corrected chi connectivity index (χ2v) is 12.1. The van der Waals surface area contributed by atoms with Crippen molar-refractivity contribution in [1.29, 1.82) is 0 Å². The summed E-state index contributed by atoms with van der Waals surface area (Å²) in [6.45, 7) is 5.62. The molecule has 0 spiro atoms. The van der Waals surface area contributed by atoms with Crippen molar-refractivity contribution in [2.24, 2.45) is 11.3 Å². The number of benzene rings is 1. The van der Waals surface area contributed by atoms with Crippen molar-refractivity contribution >= 4 is 35.1 Å². The van der Waals surface area contributed by atoms with Gasteiger partial charge in [0.15, 0.2) is 11.5 Å². The Morgan fingerprint density at radius 3 is 2.53 bits per heavy atom. The number of hydrogen-bond donors (Lipinski definition) is 1. The first-order chi connectivity index (χ1) is 20.4. The molecular weight excluding hydrogens is 582 g/mol. The third kappa shape index (κ3) is 6.17. The van der Waals surface area contributed by atoms with Gasteiger partial charge in [-0.05, 0) is 50.1 Å². The zero-order valence-electron chi connectivity index (χ0n) is 23.9. The highest BCUT2D eigenvalue weighted by Crippen LogP contribution is 2.40. The van der Waals surface area contributed by atoms with Crippen LogP contribution in [0, 0.1) is 23.0 Å². The smallest absolute Gasteiger partial charge is 0.309 e. The molecule has 2 aliphatic heterocycles. The summed E-state index contributed by atoms with van der Waals surface area (Å²) < 4.78 is 35.0. The van der Waals surface area contributed by atoms with Crippen LogP contribution in [0.3, 0.4) is 0 Å². The van der Waals surface area contributed by atoms with Gasteiger partial charge in [0.2, 0.25) is 5.91 Å². The topological polar surface area (TPSA) is 113 Å². The van der Waals surface area contributed by atoms with E-state index >= 15 is 4.39 Å². The number of carboxylic acid groups (broad SMARTS) is 1. The highest BCUT2D eigenvalue weighted by Gasteiger charge is 2.43. The predicted molar refractivity (Wildman–Crippen MR) is 155 cm³/mol. The van der Waals surface area contributed by atoms with Crippen molar-refractivity contribution < 1.29 is 33.0 Å². The molecule has 2 aliphatic rings. The Morgan fingerprint density at radius 2 is 1.86 bits per heavy atom. The van der Waals surface area contributed by atoms with Crippen LogP contribution in [0.1, 0.15) is 49.8 Å². The highest BCUT2D eigenvalue weighted by molar-refractivity contribution is 6.30. The van der Waals surface area contributed by atoms with Gasteiger partial charge in [-0.2, -0.15) is 0 Å². The average Bonchev–Trinajstić information content (AvgIpc) is 2.97. The van der Waals surface area contributed by atoms with Crippen LogP contribution in [0.25, 0.3) is 11.1 Å². The summed E-state index contributed by atoms with van der Waals surface area (Å²) in [5, 5.41) is 9.55. The number of pyridine rings is 2. The molecule has 1 N–H and O–H groups in total. The summed E-state index contributed by atoms with van der Waals surface area (Å²) >= 11 is 6.21. The monoisotopic (exact) mass is 612 g/mol. The van der Waals surface area contributed by atoms with Crippen molar-refractivity contribution in [1.82, 2.24) is 14.9 Å². The highest BCUT2D eigenvalue weighted by atomic mass is 35.5. The molecule has 0 aliphatic carbocycles. The summed E-state index contributed by atoms with van der Waals surface area (Å²) in [6.07, 6.45) is 4.27. The molecule has 0 radical (unpaired) electrons. The molecule has 1 fully saturated rings. The van der Waals surface area contributed by atoms with Crippen LogP contribution in [0.4, 0.5) is 14.5 Å². The number of carboxylic acids is 1. The van der Waals surface area contributed by atoms with E-state index in [1.807, 2.05) is 13.8 Å². The molecule has 0 bridgehead atoms. The second-order valence-electron chi connectivity index (χ2n) is 11.6. The predicted octanol–water partition coefficient (Wildman–Crippen LogP) is 5.39. The second kappa shape index (κ2) is 11.9. The molecule has 226 valence electrons. The average molecular weight is 613 g/mol. The lowest BCUT2D eigenvalue weighted by atomic mass is 9.81. The van der Waals surface area contributed by atoms with E-state index in [1.165, 1.54) is 24.1 Å². The molecule has 4 heterocycles. The molecule has 0 unspecified atom stereocenters. The number of rotatable bonds is 7. The number of aliphatic carboxylic acids is 1. The van der Waals surface area contributed by atoms with Gasteiger partial charge >= 0.3 is 5.97 Å². The van der Waals surface area contributed by atoms with Crippen LogP contribution in [-0.2, 0) is 16.0 Å². The number of piperidine rings is 1. The number of hydrogen-bond acceptors (Lipinski definition) is 6. The summed E-state index contributed by atoms with van der Waals surface area (Å²) in [7, 11) is 0. The van der Waals surface area contributed by atoms with Gasteiger partial charge in [-0.3, -0.25) is 19.4 Å². The largest absolute Gasteiger partial charge is 0.492 e. The zero-order chi connectivity index (χ0) is 31.1. The lowest BCUT2D eigenvalue weighted by Crippen LogP contribution is -2.55. The molecule has 1 aromatic carbocycles. The standard InChI is InChI=1S/C31H31ClF2N4O5/c1-17(29(40)41)16-43-26-5-4-20(33)12-22(26)18-10-23(34)27(36-14-18)28(39)37-8-6-21(7-9-37)38-25-11-19(32)15-35-24(25)13-31(2,3)30(38)42/h4-5,10-12,14-15,17,21H,6-9,13,16H2,1-3H3,(H,40,41)/t17-/m0/s1. The van der Waals surface area contributed by atoms with Crippen molar-refractivity contribution in [3.8, 4) is 16.9 Å². The minimum Gasteiger partial charge on any atom is -0.492 e. The Labute approximate surface area is 252 Å². The van der Waals surface area contributed by atoms with Gasteiger partial charge in [0.25, 0.3) is 5.91 Å². The van der Waals surface area contributed by atoms with E-state index in [0.717, 1.165) is 23.9 Å². The van der Waals surface area contributed by atoms with Gasteiger partial charge < -0.3 is 19.6 Å². The molecule has 5 rings (SSSR count). The maximum absolute atomic E-state index is 15.3. The normalized spacial score (nSPS) is 17.4. The first-order valence-electron chi connectivity index (χ1n) is 13.9. The van der Waals surface area contributed by atoms with Gasteiger partial charge in [-0.15, -0.1) is 0 Å². The number of likely N-dealkylation sites (tertiary alicyclic amines) is 1. The third-order valence-corrected chi connectivity index (χ3v) is 8.11. The molecule has 1 saturated heterocycles. The number of amides is 2. The Bertz CT molecular complexity index is 1590. The number of nitrogens with zero attached hydrogens (tertiary/aromatic N) is 4. The Morgan fingerprint density at radius 1 is 1.14 bits per heavy atom. The van der Waals surface area contributed by atoms with Crippen LogP contribution in [-0.4, -0.2) is 63.5 Å². The summed E-state index contributed by atoms with van der Waals surface area (Å²) in [6, 6.07) is 6.25. The minimum atomic E-state index is -1.05. The van der Waals surface area contributed by atoms with Gasteiger partial charge in [-0.1, -0.05) is 25.4 Å². The van der Waals surface area contributed by atoms with Gasteiger partial charge in [0.1, 0.15) is 18.2 Å². The fourth-order valence-corrected chi connectivity index (χ4v) is 5.61.